The first kappa shape index (κ1) is 10.9. The third-order valence-corrected chi connectivity index (χ3v) is 2.74. The largest absolute Gasteiger partial charge is 0.393 e. The average molecular weight is 221 g/mol. The van der Waals surface area contributed by atoms with E-state index in [4.69, 9.17) is 5.73 Å². The van der Waals surface area contributed by atoms with Crippen LogP contribution in [0.3, 0.4) is 0 Å². The van der Waals surface area contributed by atoms with Crippen LogP contribution in [0, 0.1) is 0 Å². The van der Waals surface area contributed by atoms with Crippen LogP contribution < -0.4 is 5.73 Å². The second kappa shape index (κ2) is 4.49. The molecule has 2 heterocycles. The predicted octanol–water partition coefficient (Wildman–Crippen LogP) is 0.261. The van der Waals surface area contributed by atoms with E-state index in [-0.39, 0.29) is 12.0 Å². The molecule has 1 amide bonds. The molecule has 0 aromatic carbocycles. The Balaban J connectivity index is 2.08. The molecule has 0 aliphatic carbocycles. The molecule has 0 spiro atoms. The lowest BCUT2D eigenvalue weighted by Gasteiger charge is -2.29. The van der Waals surface area contributed by atoms with Crippen molar-refractivity contribution in [3.63, 3.8) is 0 Å². The molecule has 86 valence electrons. The molecule has 0 radical (unpaired) electrons. The fourth-order valence-electron chi connectivity index (χ4n) is 1.80. The van der Waals surface area contributed by atoms with Crippen molar-refractivity contribution >= 4 is 11.7 Å². The van der Waals surface area contributed by atoms with Gasteiger partial charge in [0.05, 0.1) is 6.10 Å². The molecule has 1 saturated heterocycles. The molecule has 1 fully saturated rings. The van der Waals surface area contributed by atoms with Crippen LogP contribution in [0.5, 0.6) is 0 Å². The number of carbonyl (C=O) groups excluding carboxylic acids is 1. The monoisotopic (exact) mass is 221 g/mol. The van der Waals surface area contributed by atoms with Gasteiger partial charge >= 0.3 is 0 Å². The van der Waals surface area contributed by atoms with Crippen molar-refractivity contribution < 1.29 is 9.90 Å². The molecular weight excluding hydrogens is 206 g/mol. The number of hydrogen-bond acceptors (Lipinski definition) is 4. The second-order valence-electron chi connectivity index (χ2n) is 3.97. The van der Waals surface area contributed by atoms with Crippen LogP contribution in [0.4, 0.5) is 5.82 Å². The van der Waals surface area contributed by atoms with E-state index < -0.39 is 0 Å². The van der Waals surface area contributed by atoms with Gasteiger partial charge in [0.2, 0.25) is 0 Å². The molecule has 0 bridgehead atoms. The summed E-state index contributed by atoms with van der Waals surface area (Å²) in [5.74, 6) is 0.238. The number of pyridine rings is 1. The minimum absolute atomic E-state index is 0.112. The number of nitrogens with two attached hydrogens (primary N) is 1. The van der Waals surface area contributed by atoms with Crippen molar-refractivity contribution in [1.29, 1.82) is 0 Å². The summed E-state index contributed by atoms with van der Waals surface area (Å²) in [5, 5.41) is 9.35. The van der Waals surface area contributed by atoms with Gasteiger partial charge in [0, 0.05) is 13.1 Å². The van der Waals surface area contributed by atoms with Gasteiger partial charge in [0.25, 0.3) is 5.91 Å². The molecule has 0 saturated carbocycles. The third kappa shape index (κ3) is 2.30. The molecule has 2 rings (SSSR count). The van der Waals surface area contributed by atoms with Gasteiger partial charge in [-0.15, -0.1) is 0 Å². The molecule has 5 heteroatoms. The van der Waals surface area contributed by atoms with Crippen molar-refractivity contribution in [3.05, 3.63) is 23.9 Å². The van der Waals surface area contributed by atoms with Crippen molar-refractivity contribution in [2.75, 3.05) is 18.8 Å². The fraction of sp³-hybridized carbons (Fsp3) is 0.455. The Bertz CT molecular complexity index is 387. The lowest BCUT2D eigenvalue weighted by molar-refractivity contribution is 0.0541. The Morgan fingerprint density at radius 1 is 1.44 bits per heavy atom. The number of likely N-dealkylation sites (tertiary alicyclic amines) is 1. The van der Waals surface area contributed by atoms with Gasteiger partial charge < -0.3 is 15.7 Å². The van der Waals surface area contributed by atoms with Crippen LogP contribution in [-0.2, 0) is 0 Å². The van der Waals surface area contributed by atoms with Crippen molar-refractivity contribution in [2.24, 2.45) is 0 Å². The quantitative estimate of drug-likeness (QED) is 0.713. The summed E-state index contributed by atoms with van der Waals surface area (Å²) in [4.78, 5) is 17.7. The highest BCUT2D eigenvalue weighted by Crippen LogP contribution is 2.13. The lowest BCUT2D eigenvalue weighted by Crippen LogP contribution is -2.40. The Labute approximate surface area is 93.9 Å². The minimum atomic E-state index is -0.280. The van der Waals surface area contributed by atoms with Crippen molar-refractivity contribution in [2.45, 2.75) is 18.9 Å². The van der Waals surface area contributed by atoms with Gasteiger partial charge in [0.1, 0.15) is 11.5 Å². The van der Waals surface area contributed by atoms with Gasteiger partial charge in [0.15, 0.2) is 0 Å². The van der Waals surface area contributed by atoms with Gasteiger partial charge in [-0.05, 0) is 25.0 Å². The number of piperidine rings is 1. The molecule has 16 heavy (non-hydrogen) atoms. The van der Waals surface area contributed by atoms with Crippen molar-refractivity contribution in [3.8, 4) is 0 Å². The summed E-state index contributed by atoms with van der Waals surface area (Å²) in [6.07, 6.45) is 0.986. The number of aliphatic hydroxyl groups excluding tert-OH is 1. The molecule has 1 aromatic heterocycles. The zero-order valence-electron chi connectivity index (χ0n) is 8.97. The highest BCUT2D eigenvalue weighted by Gasteiger charge is 2.22. The molecule has 3 N–H and O–H groups in total. The zero-order valence-corrected chi connectivity index (χ0v) is 8.97. The van der Waals surface area contributed by atoms with Crippen LogP contribution >= 0.6 is 0 Å². The maximum Gasteiger partial charge on any atom is 0.272 e. The van der Waals surface area contributed by atoms with Crippen LogP contribution in [0.2, 0.25) is 0 Å². The first-order valence-electron chi connectivity index (χ1n) is 5.36. The Kier molecular flexibility index (Phi) is 3.05. The SMILES string of the molecule is Nc1cccc(C(=O)N2CCC(O)CC2)n1. The summed E-state index contributed by atoms with van der Waals surface area (Å²) in [5.41, 5.74) is 5.90. The number of amides is 1. The standard InChI is InChI=1S/C11H15N3O2/c12-10-3-1-2-9(13-10)11(16)14-6-4-8(15)5-7-14/h1-3,8,15H,4-7H2,(H2,12,13). The number of anilines is 1. The van der Waals surface area contributed by atoms with Crippen LogP contribution in [0.15, 0.2) is 18.2 Å². The zero-order chi connectivity index (χ0) is 11.5. The number of nitrogen functional groups attached to an aromatic ring is 1. The van der Waals surface area contributed by atoms with E-state index in [1.807, 2.05) is 0 Å². The van der Waals surface area contributed by atoms with E-state index in [9.17, 15) is 9.90 Å². The smallest absolute Gasteiger partial charge is 0.272 e. The number of hydrogen-bond donors (Lipinski definition) is 2. The van der Waals surface area contributed by atoms with Gasteiger partial charge in [-0.1, -0.05) is 6.07 Å². The summed E-state index contributed by atoms with van der Waals surface area (Å²) < 4.78 is 0. The minimum Gasteiger partial charge on any atom is -0.393 e. The Hall–Kier alpha value is -1.62. The summed E-state index contributed by atoms with van der Waals surface area (Å²) in [6.45, 7) is 1.16. The van der Waals surface area contributed by atoms with Crippen molar-refractivity contribution in [1.82, 2.24) is 9.88 Å². The van der Waals surface area contributed by atoms with E-state index in [1.54, 1.807) is 23.1 Å². The topological polar surface area (TPSA) is 79.5 Å². The number of nitrogens with zero attached hydrogens (tertiary/aromatic N) is 2. The number of aromatic nitrogens is 1. The predicted molar refractivity (Wildman–Crippen MR) is 59.8 cm³/mol. The van der Waals surface area contributed by atoms with E-state index in [1.165, 1.54) is 0 Å². The van der Waals surface area contributed by atoms with E-state index in [0.717, 1.165) is 0 Å². The van der Waals surface area contributed by atoms with Crippen LogP contribution in [-0.4, -0.2) is 40.1 Å². The number of aliphatic hydroxyl groups is 1. The molecular formula is C11H15N3O2. The van der Waals surface area contributed by atoms with Crippen LogP contribution in [0.1, 0.15) is 23.3 Å². The molecule has 0 atom stereocenters. The van der Waals surface area contributed by atoms with Gasteiger partial charge in [-0.25, -0.2) is 4.98 Å². The number of carbonyl (C=O) groups is 1. The summed E-state index contributed by atoms with van der Waals surface area (Å²) >= 11 is 0. The van der Waals surface area contributed by atoms with E-state index >= 15 is 0 Å². The number of rotatable bonds is 1. The van der Waals surface area contributed by atoms with E-state index in [2.05, 4.69) is 4.98 Å². The summed E-state index contributed by atoms with van der Waals surface area (Å²) in [6, 6.07) is 5.02. The summed E-state index contributed by atoms with van der Waals surface area (Å²) in [7, 11) is 0. The first-order chi connectivity index (χ1) is 7.66. The molecule has 1 aliphatic rings. The molecule has 1 aliphatic heterocycles. The molecule has 0 unspecified atom stereocenters. The normalized spacial score (nSPS) is 17.4. The maximum atomic E-state index is 12.0. The first-order valence-corrected chi connectivity index (χ1v) is 5.36. The third-order valence-electron chi connectivity index (χ3n) is 2.74. The van der Waals surface area contributed by atoms with Crippen LogP contribution in [0.25, 0.3) is 0 Å². The van der Waals surface area contributed by atoms with Gasteiger partial charge in [-0.2, -0.15) is 0 Å². The van der Waals surface area contributed by atoms with Gasteiger partial charge in [-0.3, -0.25) is 4.79 Å². The Morgan fingerprint density at radius 2 is 2.12 bits per heavy atom. The second-order valence-corrected chi connectivity index (χ2v) is 3.97. The maximum absolute atomic E-state index is 12.0. The highest BCUT2D eigenvalue weighted by molar-refractivity contribution is 5.92. The fourth-order valence-corrected chi connectivity index (χ4v) is 1.80. The van der Waals surface area contributed by atoms with E-state index in [0.29, 0.717) is 37.4 Å². The average Bonchev–Trinajstić information content (AvgIpc) is 2.29. The molecule has 5 nitrogen and oxygen atoms in total. The molecule has 1 aromatic rings. The Morgan fingerprint density at radius 3 is 2.75 bits per heavy atom. The lowest BCUT2D eigenvalue weighted by atomic mass is 10.1. The highest BCUT2D eigenvalue weighted by atomic mass is 16.3.